The standard InChI is InChI=1S/C19H23N3O5S/c1-12(23)10-22-17(25)14-6-5-13(18(26)27-2)9-15(14)20-19(22)28-11-16(24)21-7-3-4-8-21/h5-6,9,12,23H,3-4,7-8,10-11H2,1-2H3/t12-/m0/s1. The van der Waals surface area contributed by atoms with Crippen molar-refractivity contribution < 1.29 is 19.4 Å². The van der Waals surface area contributed by atoms with E-state index in [2.05, 4.69) is 4.98 Å². The van der Waals surface area contributed by atoms with Crippen LogP contribution in [0.3, 0.4) is 0 Å². The number of carbonyl (C=O) groups is 2. The normalized spacial score (nSPS) is 15.0. The van der Waals surface area contributed by atoms with Crippen molar-refractivity contribution in [2.75, 3.05) is 26.0 Å². The number of carbonyl (C=O) groups excluding carboxylic acids is 2. The van der Waals surface area contributed by atoms with Crippen LogP contribution in [0.2, 0.25) is 0 Å². The second-order valence-electron chi connectivity index (χ2n) is 6.76. The van der Waals surface area contributed by atoms with Gasteiger partial charge in [0, 0.05) is 13.1 Å². The average molecular weight is 405 g/mol. The monoisotopic (exact) mass is 405 g/mol. The second-order valence-corrected chi connectivity index (χ2v) is 7.70. The van der Waals surface area contributed by atoms with Crippen molar-refractivity contribution in [3.05, 3.63) is 34.1 Å². The summed E-state index contributed by atoms with van der Waals surface area (Å²) in [4.78, 5) is 43.4. The molecule has 3 rings (SSSR count). The number of likely N-dealkylation sites (tertiary alicyclic amines) is 1. The molecule has 0 saturated carbocycles. The van der Waals surface area contributed by atoms with E-state index in [-0.39, 0.29) is 23.8 Å². The van der Waals surface area contributed by atoms with Gasteiger partial charge in [0.25, 0.3) is 5.56 Å². The molecule has 1 fully saturated rings. The molecule has 0 spiro atoms. The summed E-state index contributed by atoms with van der Waals surface area (Å²) in [5.41, 5.74) is 0.323. The van der Waals surface area contributed by atoms with E-state index in [1.165, 1.54) is 41.6 Å². The zero-order valence-corrected chi connectivity index (χ0v) is 16.7. The van der Waals surface area contributed by atoms with Gasteiger partial charge in [0.05, 0.1) is 42.0 Å². The third-order valence-corrected chi connectivity index (χ3v) is 5.53. The SMILES string of the molecule is COC(=O)c1ccc2c(=O)n(C[C@H](C)O)c(SCC(=O)N3CCCC3)nc2c1. The predicted molar refractivity (Wildman–Crippen MR) is 106 cm³/mol. The van der Waals surface area contributed by atoms with E-state index in [4.69, 9.17) is 4.74 Å². The van der Waals surface area contributed by atoms with Crippen LogP contribution in [-0.2, 0) is 16.1 Å². The van der Waals surface area contributed by atoms with Crippen LogP contribution in [0.4, 0.5) is 0 Å². The Balaban J connectivity index is 1.97. The van der Waals surface area contributed by atoms with Gasteiger partial charge in [0.1, 0.15) is 0 Å². The average Bonchev–Trinajstić information content (AvgIpc) is 3.22. The largest absolute Gasteiger partial charge is 0.465 e. The van der Waals surface area contributed by atoms with Crippen molar-refractivity contribution in [1.82, 2.24) is 14.5 Å². The van der Waals surface area contributed by atoms with E-state index in [9.17, 15) is 19.5 Å². The fraction of sp³-hybridized carbons (Fsp3) is 0.474. The zero-order chi connectivity index (χ0) is 20.3. The number of amides is 1. The van der Waals surface area contributed by atoms with E-state index in [0.717, 1.165) is 25.9 Å². The van der Waals surface area contributed by atoms with Gasteiger partial charge in [-0.3, -0.25) is 14.2 Å². The predicted octanol–water partition coefficient (Wildman–Crippen LogP) is 1.28. The first-order chi connectivity index (χ1) is 13.4. The summed E-state index contributed by atoms with van der Waals surface area (Å²) in [5, 5.41) is 10.5. The summed E-state index contributed by atoms with van der Waals surface area (Å²) < 4.78 is 6.10. The minimum absolute atomic E-state index is 0.00348. The van der Waals surface area contributed by atoms with Crippen molar-refractivity contribution >= 4 is 34.5 Å². The number of aliphatic hydroxyl groups excluding tert-OH is 1. The van der Waals surface area contributed by atoms with Gasteiger partial charge in [-0.2, -0.15) is 0 Å². The molecule has 28 heavy (non-hydrogen) atoms. The van der Waals surface area contributed by atoms with Gasteiger partial charge >= 0.3 is 5.97 Å². The van der Waals surface area contributed by atoms with Crippen molar-refractivity contribution in [2.24, 2.45) is 0 Å². The molecule has 0 radical (unpaired) electrons. The molecule has 0 bridgehead atoms. The molecule has 1 aromatic heterocycles. The molecule has 9 heteroatoms. The molecular formula is C19H23N3O5S. The molecule has 1 N–H and O–H groups in total. The van der Waals surface area contributed by atoms with Gasteiger partial charge in [0.2, 0.25) is 5.91 Å². The van der Waals surface area contributed by atoms with Gasteiger partial charge in [-0.25, -0.2) is 9.78 Å². The van der Waals surface area contributed by atoms with Gasteiger partial charge < -0.3 is 14.7 Å². The molecule has 150 valence electrons. The first-order valence-electron chi connectivity index (χ1n) is 9.12. The number of hydrogen-bond acceptors (Lipinski definition) is 7. The van der Waals surface area contributed by atoms with Crippen LogP contribution in [-0.4, -0.2) is 63.5 Å². The highest BCUT2D eigenvalue weighted by Crippen LogP contribution is 2.21. The van der Waals surface area contributed by atoms with E-state index in [1.807, 2.05) is 0 Å². The number of rotatable bonds is 6. The highest BCUT2D eigenvalue weighted by atomic mass is 32.2. The Bertz CT molecular complexity index is 950. The number of aromatic nitrogens is 2. The Kier molecular flexibility index (Phi) is 6.35. The maximum Gasteiger partial charge on any atom is 0.337 e. The summed E-state index contributed by atoms with van der Waals surface area (Å²) in [7, 11) is 1.28. The molecule has 0 unspecified atom stereocenters. The Morgan fingerprint density at radius 1 is 1.32 bits per heavy atom. The number of benzene rings is 1. The lowest BCUT2D eigenvalue weighted by molar-refractivity contribution is -0.127. The maximum atomic E-state index is 12.9. The number of methoxy groups -OCH3 is 1. The fourth-order valence-corrected chi connectivity index (χ4v) is 4.08. The van der Waals surface area contributed by atoms with Crippen LogP contribution in [0.25, 0.3) is 10.9 Å². The molecule has 0 aliphatic carbocycles. The van der Waals surface area contributed by atoms with Crippen LogP contribution in [0.1, 0.15) is 30.1 Å². The molecular weight excluding hydrogens is 382 g/mol. The molecule has 1 aliphatic heterocycles. The fourth-order valence-electron chi connectivity index (χ4n) is 3.17. The Morgan fingerprint density at radius 3 is 2.68 bits per heavy atom. The number of nitrogens with zero attached hydrogens (tertiary/aromatic N) is 3. The molecule has 1 aliphatic rings. The van der Waals surface area contributed by atoms with Crippen LogP contribution in [0.15, 0.2) is 28.2 Å². The van der Waals surface area contributed by atoms with Crippen molar-refractivity contribution in [1.29, 1.82) is 0 Å². The highest BCUT2D eigenvalue weighted by Gasteiger charge is 2.20. The quantitative estimate of drug-likeness (QED) is 0.439. The lowest BCUT2D eigenvalue weighted by atomic mass is 10.1. The number of fused-ring (bicyclic) bond motifs is 1. The smallest absolute Gasteiger partial charge is 0.337 e. The molecule has 2 aromatic rings. The number of thioether (sulfide) groups is 1. The molecule has 8 nitrogen and oxygen atoms in total. The van der Waals surface area contributed by atoms with E-state index in [0.29, 0.717) is 21.6 Å². The third kappa shape index (κ3) is 4.36. The minimum atomic E-state index is -0.750. The van der Waals surface area contributed by atoms with Crippen molar-refractivity contribution in [3.63, 3.8) is 0 Å². The van der Waals surface area contributed by atoms with Crippen LogP contribution < -0.4 is 5.56 Å². The zero-order valence-electron chi connectivity index (χ0n) is 15.9. The number of ether oxygens (including phenoxy) is 1. The van der Waals surface area contributed by atoms with Crippen LogP contribution in [0, 0.1) is 0 Å². The molecule has 2 heterocycles. The van der Waals surface area contributed by atoms with E-state index < -0.39 is 12.1 Å². The summed E-state index contributed by atoms with van der Waals surface area (Å²) in [6, 6.07) is 4.54. The third-order valence-electron chi connectivity index (χ3n) is 4.57. The lowest BCUT2D eigenvalue weighted by Gasteiger charge is -2.17. The lowest BCUT2D eigenvalue weighted by Crippen LogP contribution is -2.31. The summed E-state index contributed by atoms with van der Waals surface area (Å²) in [5.74, 6) is -0.354. The first-order valence-corrected chi connectivity index (χ1v) is 10.1. The van der Waals surface area contributed by atoms with Crippen LogP contribution in [0.5, 0.6) is 0 Å². The van der Waals surface area contributed by atoms with Crippen LogP contribution >= 0.6 is 11.8 Å². The minimum Gasteiger partial charge on any atom is -0.465 e. The van der Waals surface area contributed by atoms with Gasteiger partial charge in [0.15, 0.2) is 5.16 Å². The molecule has 1 amide bonds. The van der Waals surface area contributed by atoms with Crippen molar-refractivity contribution in [2.45, 2.75) is 37.6 Å². The Hall–Kier alpha value is -2.39. The number of hydrogen-bond donors (Lipinski definition) is 1. The van der Waals surface area contributed by atoms with E-state index >= 15 is 0 Å². The number of esters is 1. The summed E-state index contributed by atoms with van der Waals surface area (Å²) >= 11 is 1.17. The molecule has 1 aromatic carbocycles. The first kappa shape index (κ1) is 20.3. The van der Waals surface area contributed by atoms with Crippen molar-refractivity contribution in [3.8, 4) is 0 Å². The summed E-state index contributed by atoms with van der Waals surface area (Å²) in [6.45, 7) is 3.17. The van der Waals surface area contributed by atoms with Gasteiger partial charge in [-0.05, 0) is 38.0 Å². The molecule has 1 saturated heterocycles. The maximum absolute atomic E-state index is 12.9. The highest BCUT2D eigenvalue weighted by molar-refractivity contribution is 7.99. The van der Waals surface area contributed by atoms with Gasteiger partial charge in [-0.15, -0.1) is 0 Å². The van der Waals surface area contributed by atoms with Gasteiger partial charge in [-0.1, -0.05) is 11.8 Å². The number of aliphatic hydroxyl groups is 1. The summed E-state index contributed by atoms with van der Waals surface area (Å²) in [6.07, 6.45) is 1.27. The van der Waals surface area contributed by atoms with E-state index in [1.54, 1.807) is 11.8 Å². The second kappa shape index (κ2) is 8.74. The molecule has 1 atom stereocenters. The Labute approximate surface area is 166 Å². The Morgan fingerprint density at radius 2 is 2.04 bits per heavy atom. The topological polar surface area (TPSA) is 102 Å².